The third kappa shape index (κ3) is 5.63. The highest BCUT2D eigenvalue weighted by atomic mass is 32.2. The van der Waals surface area contributed by atoms with Gasteiger partial charge in [-0.2, -0.15) is 0 Å². The summed E-state index contributed by atoms with van der Waals surface area (Å²) >= 11 is 0. The van der Waals surface area contributed by atoms with Gasteiger partial charge in [-0.15, -0.1) is 6.58 Å². The molecule has 1 amide bonds. The SMILES string of the molecule is C=CCN(Cc1cnc(S(=O)(=O)Cc2ccccc2F)n1C[C@@H]1CCCO1)C(=O)C(C)C. The fraction of sp³-hybridized carbons (Fsp3) is 0.478. The van der Waals surface area contributed by atoms with E-state index in [2.05, 4.69) is 11.6 Å². The number of carbonyl (C=O) groups is 1. The minimum absolute atomic E-state index is 0.0643. The van der Waals surface area contributed by atoms with Gasteiger partial charge in [-0.1, -0.05) is 38.1 Å². The first-order valence-electron chi connectivity index (χ1n) is 10.7. The highest BCUT2D eigenvalue weighted by Crippen LogP contribution is 2.23. The molecule has 0 saturated carbocycles. The summed E-state index contributed by atoms with van der Waals surface area (Å²) in [5.74, 6) is -1.35. The van der Waals surface area contributed by atoms with Crippen molar-refractivity contribution in [3.8, 4) is 0 Å². The second-order valence-electron chi connectivity index (χ2n) is 8.29. The fourth-order valence-electron chi connectivity index (χ4n) is 3.79. The lowest BCUT2D eigenvalue weighted by molar-refractivity contribution is -0.134. The standard InChI is InChI=1S/C23H30FN3O4S/c1-4-11-26(22(28)17(2)3)14-19-13-25-23(27(19)15-20-9-7-12-31-20)32(29,30)16-18-8-5-6-10-21(18)24/h4-6,8,10,13,17,20H,1,7,9,11-12,14-16H2,2-3H3/t20-/m0/s1. The van der Waals surface area contributed by atoms with E-state index < -0.39 is 21.4 Å². The van der Waals surface area contributed by atoms with Crippen LogP contribution < -0.4 is 0 Å². The Bertz CT molecular complexity index is 1060. The Morgan fingerprint density at radius 3 is 2.78 bits per heavy atom. The van der Waals surface area contributed by atoms with E-state index in [1.807, 2.05) is 13.8 Å². The molecule has 1 atom stereocenters. The smallest absolute Gasteiger partial charge is 0.228 e. The molecule has 0 aliphatic carbocycles. The van der Waals surface area contributed by atoms with Crippen molar-refractivity contribution in [2.45, 2.75) is 56.8 Å². The summed E-state index contributed by atoms with van der Waals surface area (Å²) in [6.07, 6.45) is 4.69. The van der Waals surface area contributed by atoms with Crippen molar-refractivity contribution in [2.75, 3.05) is 13.2 Å². The first-order chi connectivity index (χ1) is 15.2. The number of sulfone groups is 1. The van der Waals surface area contributed by atoms with E-state index in [1.54, 1.807) is 21.6 Å². The maximum atomic E-state index is 14.1. The van der Waals surface area contributed by atoms with E-state index in [4.69, 9.17) is 4.74 Å². The van der Waals surface area contributed by atoms with E-state index in [1.165, 1.54) is 24.4 Å². The Balaban J connectivity index is 1.97. The van der Waals surface area contributed by atoms with Crippen molar-refractivity contribution >= 4 is 15.7 Å². The third-order valence-electron chi connectivity index (χ3n) is 5.40. The number of benzene rings is 1. The average molecular weight is 464 g/mol. The Hall–Kier alpha value is -2.52. The Labute approximate surface area is 188 Å². The normalized spacial score (nSPS) is 16.4. The van der Waals surface area contributed by atoms with Gasteiger partial charge in [-0.25, -0.2) is 17.8 Å². The van der Waals surface area contributed by atoms with Gasteiger partial charge in [-0.05, 0) is 18.9 Å². The quantitative estimate of drug-likeness (QED) is 0.505. The third-order valence-corrected chi connectivity index (χ3v) is 6.97. The lowest BCUT2D eigenvalue weighted by Crippen LogP contribution is -2.35. The van der Waals surface area contributed by atoms with Crippen molar-refractivity contribution < 1.29 is 22.3 Å². The van der Waals surface area contributed by atoms with Crippen LogP contribution in [0.2, 0.25) is 0 Å². The van der Waals surface area contributed by atoms with E-state index in [-0.39, 0.29) is 35.2 Å². The zero-order valence-electron chi connectivity index (χ0n) is 18.5. The molecular weight excluding hydrogens is 433 g/mol. The number of aromatic nitrogens is 2. The molecule has 0 bridgehead atoms. The number of hydrogen-bond donors (Lipinski definition) is 0. The van der Waals surface area contributed by atoms with Gasteiger partial charge in [0.15, 0.2) is 0 Å². The van der Waals surface area contributed by atoms with Crippen LogP contribution in [0.25, 0.3) is 0 Å². The number of rotatable bonds is 10. The molecule has 0 spiro atoms. The second kappa shape index (κ2) is 10.4. The highest BCUT2D eigenvalue weighted by Gasteiger charge is 2.29. The molecule has 1 saturated heterocycles. The van der Waals surface area contributed by atoms with Crippen LogP contribution in [0.15, 0.2) is 48.3 Å². The van der Waals surface area contributed by atoms with E-state index in [0.717, 1.165) is 12.8 Å². The molecule has 174 valence electrons. The maximum Gasteiger partial charge on any atom is 0.228 e. The number of ether oxygens (including phenoxy) is 1. The number of amides is 1. The molecule has 1 aliphatic heterocycles. The summed E-state index contributed by atoms with van der Waals surface area (Å²) < 4.78 is 47.9. The number of halogens is 1. The number of nitrogens with zero attached hydrogens (tertiary/aromatic N) is 3. The molecule has 7 nitrogen and oxygen atoms in total. The van der Waals surface area contributed by atoms with Crippen molar-refractivity contribution in [3.63, 3.8) is 0 Å². The molecule has 1 aromatic heterocycles. The maximum absolute atomic E-state index is 14.1. The zero-order chi connectivity index (χ0) is 23.3. The number of carbonyl (C=O) groups excluding carboxylic acids is 1. The van der Waals surface area contributed by atoms with Crippen LogP contribution in [0.3, 0.4) is 0 Å². The van der Waals surface area contributed by atoms with Crippen LogP contribution >= 0.6 is 0 Å². The van der Waals surface area contributed by atoms with Gasteiger partial charge in [0.2, 0.25) is 20.9 Å². The minimum atomic E-state index is -3.94. The molecule has 0 unspecified atom stereocenters. The zero-order valence-corrected chi connectivity index (χ0v) is 19.4. The highest BCUT2D eigenvalue weighted by molar-refractivity contribution is 7.90. The van der Waals surface area contributed by atoms with Gasteiger partial charge >= 0.3 is 0 Å². The van der Waals surface area contributed by atoms with Gasteiger partial charge in [-0.3, -0.25) is 4.79 Å². The molecule has 1 aliphatic rings. The molecule has 3 rings (SSSR count). The largest absolute Gasteiger partial charge is 0.376 e. The van der Waals surface area contributed by atoms with Crippen molar-refractivity contribution in [3.05, 3.63) is 60.2 Å². The Kier molecular flexibility index (Phi) is 7.84. The predicted octanol–water partition coefficient (Wildman–Crippen LogP) is 3.35. The monoisotopic (exact) mass is 463 g/mol. The molecule has 9 heteroatoms. The summed E-state index contributed by atoms with van der Waals surface area (Å²) in [4.78, 5) is 18.5. The van der Waals surface area contributed by atoms with Gasteiger partial charge in [0.25, 0.3) is 0 Å². The molecule has 1 aromatic carbocycles. The van der Waals surface area contributed by atoms with Crippen LogP contribution in [-0.2, 0) is 38.2 Å². The van der Waals surface area contributed by atoms with Crippen molar-refractivity contribution in [1.29, 1.82) is 0 Å². The number of hydrogen-bond acceptors (Lipinski definition) is 5. The lowest BCUT2D eigenvalue weighted by atomic mass is 10.2. The first-order valence-corrected chi connectivity index (χ1v) is 12.4. The van der Waals surface area contributed by atoms with Gasteiger partial charge < -0.3 is 14.2 Å². The minimum Gasteiger partial charge on any atom is -0.376 e. The van der Waals surface area contributed by atoms with Gasteiger partial charge in [0.05, 0.1) is 36.8 Å². The molecule has 32 heavy (non-hydrogen) atoms. The fourth-order valence-corrected chi connectivity index (χ4v) is 5.30. The van der Waals surface area contributed by atoms with Crippen molar-refractivity contribution in [2.24, 2.45) is 5.92 Å². The van der Waals surface area contributed by atoms with Gasteiger partial charge in [0, 0.05) is 24.6 Å². The predicted molar refractivity (Wildman–Crippen MR) is 119 cm³/mol. The van der Waals surface area contributed by atoms with E-state index >= 15 is 0 Å². The van der Waals surface area contributed by atoms with Crippen LogP contribution in [0, 0.1) is 11.7 Å². The molecule has 2 heterocycles. The molecule has 1 fully saturated rings. The Morgan fingerprint density at radius 1 is 1.41 bits per heavy atom. The van der Waals surface area contributed by atoms with Crippen LogP contribution in [0.4, 0.5) is 4.39 Å². The summed E-state index contributed by atoms with van der Waals surface area (Å²) in [5.41, 5.74) is 0.674. The summed E-state index contributed by atoms with van der Waals surface area (Å²) in [7, 11) is -3.94. The average Bonchev–Trinajstić information content (AvgIpc) is 3.39. The van der Waals surface area contributed by atoms with Crippen molar-refractivity contribution in [1.82, 2.24) is 14.5 Å². The van der Waals surface area contributed by atoms with E-state index in [9.17, 15) is 17.6 Å². The topological polar surface area (TPSA) is 81.5 Å². The molecule has 0 radical (unpaired) electrons. The van der Waals surface area contributed by atoms with Crippen LogP contribution in [0.1, 0.15) is 37.9 Å². The molecule has 2 aromatic rings. The second-order valence-corrected chi connectivity index (χ2v) is 10.2. The Morgan fingerprint density at radius 2 is 2.16 bits per heavy atom. The summed E-state index contributed by atoms with van der Waals surface area (Å²) in [5, 5.41) is -0.137. The summed E-state index contributed by atoms with van der Waals surface area (Å²) in [6.45, 7) is 8.80. The number of imidazole rings is 1. The molecular formula is C23H30FN3O4S. The lowest BCUT2D eigenvalue weighted by Gasteiger charge is -2.24. The molecule has 0 N–H and O–H groups in total. The van der Waals surface area contributed by atoms with E-state index in [0.29, 0.717) is 25.4 Å². The van der Waals surface area contributed by atoms with Gasteiger partial charge in [0.1, 0.15) is 5.82 Å². The summed E-state index contributed by atoms with van der Waals surface area (Å²) in [6, 6.07) is 5.80. The first kappa shape index (κ1) is 24.1. The van der Waals surface area contributed by atoms with Crippen LogP contribution in [-0.4, -0.2) is 48.0 Å². The van der Waals surface area contributed by atoms with Crippen LogP contribution in [0.5, 0.6) is 0 Å².